The van der Waals surface area contributed by atoms with Crippen molar-refractivity contribution in [3.63, 3.8) is 0 Å². The molecule has 0 aliphatic heterocycles. The molecular weight excluding hydrogens is 287 g/mol. The van der Waals surface area contributed by atoms with E-state index in [-0.39, 0.29) is 11.3 Å². The molecule has 20 heavy (non-hydrogen) atoms. The van der Waals surface area contributed by atoms with Crippen LogP contribution in [0.5, 0.6) is 0 Å². The van der Waals surface area contributed by atoms with Crippen molar-refractivity contribution in [1.29, 1.82) is 0 Å². The fraction of sp³-hybridized carbons (Fsp3) is 0.571. The van der Waals surface area contributed by atoms with Crippen molar-refractivity contribution in [3.05, 3.63) is 35.4 Å². The predicted octanol–water partition coefficient (Wildman–Crippen LogP) is 3.51. The zero-order chi connectivity index (χ0) is 15.3. The molecule has 6 heteroatoms. The lowest BCUT2D eigenvalue weighted by molar-refractivity contribution is -0.137. The minimum absolute atomic E-state index is 0.0121. The number of halogens is 3. The van der Waals surface area contributed by atoms with E-state index in [1.54, 1.807) is 6.07 Å². The summed E-state index contributed by atoms with van der Waals surface area (Å²) in [4.78, 5) is 0. The van der Waals surface area contributed by atoms with Crippen LogP contribution in [0.4, 0.5) is 13.2 Å². The number of benzene rings is 1. The van der Waals surface area contributed by atoms with E-state index >= 15 is 0 Å². The van der Waals surface area contributed by atoms with Gasteiger partial charge in [-0.15, -0.1) is 0 Å². The zero-order valence-corrected chi connectivity index (χ0v) is 12.6. The number of hydrogen-bond donors (Lipinski definition) is 1. The highest BCUT2D eigenvalue weighted by molar-refractivity contribution is 7.85. The Morgan fingerprint density at radius 1 is 1.30 bits per heavy atom. The van der Waals surface area contributed by atoms with Crippen molar-refractivity contribution >= 4 is 10.8 Å². The van der Waals surface area contributed by atoms with Gasteiger partial charge in [0, 0.05) is 27.8 Å². The van der Waals surface area contributed by atoms with Gasteiger partial charge in [-0.1, -0.05) is 32.9 Å². The van der Waals surface area contributed by atoms with E-state index < -0.39 is 22.5 Å². The van der Waals surface area contributed by atoms with E-state index in [9.17, 15) is 17.4 Å². The lowest BCUT2D eigenvalue weighted by atomic mass is 10.0. The molecule has 0 radical (unpaired) electrons. The Morgan fingerprint density at radius 3 is 2.45 bits per heavy atom. The first-order valence-electron chi connectivity index (χ1n) is 6.53. The van der Waals surface area contributed by atoms with Gasteiger partial charge in [-0.25, -0.2) is 0 Å². The highest BCUT2D eigenvalue weighted by atomic mass is 32.2. The van der Waals surface area contributed by atoms with E-state index in [1.165, 1.54) is 6.07 Å². The second-order valence-electron chi connectivity index (χ2n) is 4.83. The van der Waals surface area contributed by atoms with Crippen LogP contribution >= 0.6 is 0 Å². The summed E-state index contributed by atoms with van der Waals surface area (Å²) in [6.07, 6.45) is -4.36. The molecule has 0 fully saturated rings. The predicted molar refractivity (Wildman–Crippen MR) is 76.0 cm³/mol. The van der Waals surface area contributed by atoms with Gasteiger partial charge in [0.2, 0.25) is 0 Å². The summed E-state index contributed by atoms with van der Waals surface area (Å²) >= 11 is 0. The topological polar surface area (TPSA) is 29.1 Å². The highest BCUT2D eigenvalue weighted by Crippen LogP contribution is 2.31. The molecule has 0 aliphatic carbocycles. The third-order valence-corrected chi connectivity index (χ3v) is 4.64. The van der Waals surface area contributed by atoms with Crippen LogP contribution in [0.1, 0.15) is 37.9 Å². The lowest BCUT2D eigenvalue weighted by Crippen LogP contribution is -2.28. The smallest absolute Gasteiger partial charge is 0.309 e. The summed E-state index contributed by atoms with van der Waals surface area (Å²) in [5.74, 6) is 0.312. The Kier molecular flexibility index (Phi) is 6.20. The van der Waals surface area contributed by atoms with Crippen LogP contribution in [0.3, 0.4) is 0 Å². The van der Waals surface area contributed by atoms with Gasteiger partial charge in [0.05, 0.1) is 5.56 Å². The molecule has 0 spiro atoms. The SMILES string of the molecule is CCNC(CS(=O)C(C)C)c1cccc(C(F)(F)F)c1. The third-order valence-electron chi connectivity index (χ3n) is 2.92. The van der Waals surface area contributed by atoms with Crippen molar-refractivity contribution in [3.8, 4) is 0 Å². The molecule has 2 unspecified atom stereocenters. The summed E-state index contributed by atoms with van der Waals surface area (Å²) in [5.41, 5.74) is -0.149. The molecule has 0 aliphatic rings. The molecule has 1 aromatic carbocycles. The van der Waals surface area contributed by atoms with Crippen LogP contribution in [-0.2, 0) is 17.0 Å². The first-order chi connectivity index (χ1) is 9.25. The van der Waals surface area contributed by atoms with Crippen molar-refractivity contribution in [2.75, 3.05) is 12.3 Å². The quantitative estimate of drug-likeness (QED) is 0.871. The summed E-state index contributed by atoms with van der Waals surface area (Å²) < 4.78 is 50.1. The van der Waals surface area contributed by atoms with Gasteiger partial charge >= 0.3 is 6.18 Å². The maximum atomic E-state index is 12.7. The second kappa shape index (κ2) is 7.22. The van der Waals surface area contributed by atoms with E-state index in [2.05, 4.69) is 5.32 Å². The molecule has 1 aromatic rings. The molecule has 1 rings (SSSR count). The Balaban J connectivity index is 3.00. The van der Waals surface area contributed by atoms with E-state index in [0.29, 0.717) is 17.9 Å². The Labute approximate surface area is 120 Å². The Hall–Kier alpha value is -0.880. The van der Waals surface area contributed by atoms with Crippen LogP contribution in [0.15, 0.2) is 24.3 Å². The first kappa shape index (κ1) is 17.2. The minimum Gasteiger partial charge on any atom is -0.309 e. The van der Waals surface area contributed by atoms with Gasteiger partial charge in [0.25, 0.3) is 0 Å². The van der Waals surface area contributed by atoms with Gasteiger partial charge in [-0.3, -0.25) is 4.21 Å². The van der Waals surface area contributed by atoms with E-state index in [0.717, 1.165) is 12.1 Å². The van der Waals surface area contributed by atoms with Crippen molar-refractivity contribution < 1.29 is 17.4 Å². The van der Waals surface area contributed by atoms with Gasteiger partial charge in [0.15, 0.2) is 0 Å². The van der Waals surface area contributed by atoms with Crippen LogP contribution in [-0.4, -0.2) is 21.8 Å². The minimum atomic E-state index is -4.36. The van der Waals surface area contributed by atoms with E-state index in [4.69, 9.17) is 0 Å². The monoisotopic (exact) mass is 307 g/mol. The molecule has 2 atom stereocenters. The average Bonchev–Trinajstić information content (AvgIpc) is 2.37. The second-order valence-corrected chi connectivity index (χ2v) is 6.87. The number of rotatable bonds is 6. The number of hydrogen-bond acceptors (Lipinski definition) is 2. The largest absolute Gasteiger partial charge is 0.416 e. The van der Waals surface area contributed by atoms with Crippen LogP contribution in [0.2, 0.25) is 0 Å². The maximum Gasteiger partial charge on any atom is 0.416 e. The molecule has 114 valence electrons. The van der Waals surface area contributed by atoms with E-state index in [1.807, 2.05) is 20.8 Å². The summed E-state index contributed by atoms with van der Waals surface area (Å²) in [6.45, 7) is 6.16. The Bertz CT molecular complexity index is 460. The lowest BCUT2D eigenvalue weighted by Gasteiger charge is -2.20. The molecule has 0 saturated carbocycles. The summed E-state index contributed by atoms with van der Waals surface area (Å²) in [7, 11) is -1.08. The molecule has 1 N–H and O–H groups in total. The molecule has 2 nitrogen and oxygen atoms in total. The van der Waals surface area contributed by atoms with Crippen LogP contribution in [0.25, 0.3) is 0 Å². The van der Waals surface area contributed by atoms with Gasteiger partial charge in [-0.05, 0) is 24.2 Å². The third kappa shape index (κ3) is 4.90. The fourth-order valence-corrected chi connectivity index (χ4v) is 2.83. The summed E-state index contributed by atoms with van der Waals surface area (Å²) in [6, 6.07) is 4.88. The first-order valence-corrected chi connectivity index (χ1v) is 7.91. The fourth-order valence-electron chi connectivity index (χ4n) is 1.81. The highest BCUT2D eigenvalue weighted by Gasteiger charge is 2.31. The number of nitrogens with one attached hydrogen (secondary N) is 1. The van der Waals surface area contributed by atoms with Crippen molar-refractivity contribution in [2.45, 2.75) is 38.2 Å². The van der Waals surface area contributed by atoms with Gasteiger partial charge in [0.1, 0.15) is 0 Å². The molecule has 0 aromatic heterocycles. The van der Waals surface area contributed by atoms with Crippen LogP contribution < -0.4 is 5.32 Å². The summed E-state index contributed by atoms with van der Waals surface area (Å²) in [5, 5.41) is 3.09. The van der Waals surface area contributed by atoms with Gasteiger partial charge < -0.3 is 5.32 Å². The average molecular weight is 307 g/mol. The molecule has 0 saturated heterocycles. The van der Waals surface area contributed by atoms with Crippen molar-refractivity contribution in [1.82, 2.24) is 5.32 Å². The zero-order valence-electron chi connectivity index (χ0n) is 11.8. The molecular formula is C14H20F3NOS. The standard InChI is InChI=1S/C14H20F3NOS/c1-4-18-13(9-20(19)10(2)3)11-6-5-7-12(8-11)14(15,16)17/h5-8,10,13,18H,4,9H2,1-3H3. The Morgan fingerprint density at radius 2 is 1.95 bits per heavy atom. The number of alkyl halides is 3. The maximum absolute atomic E-state index is 12.7. The van der Waals surface area contributed by atoms with Crippen molar-refractivity contribution in [2.24, 2.45) is 0 Å². The van der Waals surface area contributed by atoms with Gasteiger partial charge in [-0.2, -0.15) is 13.2 Å². The normalized spacial score (nSPS) is 15.3. The molecule has 0 heterocycles. The van der Waals surface area contributed by atoms with Crippen LogP contribution in [0, 0.1) is 0 Å². The molecule has 0 amide bonds. The molecule has 0 bridgehead atoms.